The maximum absolute atomic E-state index is 12.1. The Bertz CT molecular complexity index is 944. The van der Waals surface area contributed by atoms with Crippen LogP contribution in [-0.2, 0) is 11.2 Å². The molecule has 1 heterocycles. The number of nitrogens with one attached hydrogen (secondary N) is 1. The second-order valence-electron chi connectivity index (χ2n) is 6.10. The Hall–Kier alpha value is -3.26. The van der Waals surface area contributed by atoms with E-state index in [1.165, 1.54) is 0 Å². The van der Waals surface area contributed by atoms with Gasteiger partial charge in [0.15, 0.2) is 0 Å². The summed E-state index contributed by atoms with van der Waals surface area (Å²) < 4.78 is 15.5. The van der Waals surface area contributed by atoms with Gasteiger partial charge in [-0.25, -0.2) is 0 Å². The summed E-state index contributed by atoms with van der Waals surface area (Å²) in [5.74, 6) is 2.22. The van der Waals surface area contributed by atoms with E-state index in [2.05, 4.69) is 15.5 Å². The molecule has 1 amide bonds. The molecule has 0 saturated heterocycles. The number of carbonyl (C=O) groups is 1. The number of halogens is 1. The number of anilines is 2. The van der Waals surface area contributed by atoms with E-state index in [0.29, 0.717) is 48.1 Å². The van der Waals surface area contributed by atoms with Crippen LogP contribution in [0.3, 0.4) is 0 Å². The molecule has 2 aromatic carbocycles. The molecule has 3 aromatic rings. The van der Waals surface area contributed by atoms with Gasteiger partial charge < -0.3 is 25.0 Å². The van der Waals surface area contributed by atoms with Gasteiger partial charge in [0, 0.05) is 24.1 Å². The van der Waals surface area contributed by atoms with Gasteiger partial charge in [-0.3, -0.25) is 4.79 Å². The van der Waals surface area contributed by atoms with Crippen LogP contribution < -0.4 is 20.5 Å². The zero-order chi connectivity index (χ0) is 19.9. The molecule has 1 aromatic heterocycles. The van der Waals surface area contributed by atoms with Crippen molar-refractivity contribution in [3.63, 3.8) is 0 Å². The molecule has 154 valence electrons. The number of aryl methyl sites for hydroxylation is 1. The normalized spacial score (nSPS) is 10.1. The number of ether oxygens (including phenoxy) is 2. The van der Waals surface area contributed by atoms with Crippen LogP contribution in [0.15, 0.2) is 47.0 Å². The Morgan fingerprint density at radius 1 is 1.14 bits per heavy atom. The summed E-state index contributed by atoms with van der Waals surface area (Å²) in [5, 5.41) is 6.79. The van der Waals surface area contributed by atoms with Crippen molar-refractivity contribution in [3.05, 3.63) is 48.4 Å². The topological polar surface area (TPSA) is 112 Å². The largest absolute Gasteiger partial charge is 0.497 e. The maximum atomic E-state index is 12.1. The summed E-state index contributed by atoms with van der Waals surface area (Å²) in [6.45, 7) is 0. The van der Waals surface area contributed by atoms with Gasteiger partial charge in [-0.05, 0) is 48.9 Å². The number of nitrogens with two attached hydrogens (primary N) is 1. The predicted molar refractivity (Wildman–Crippen MR) is 113 cm³/mol. The second-order valence-corrected chi connectivity index (χ2v) is 6.10. The van der Waals surface area contributed by atoms with Crippen molar-refractivity contribution >= 4 is 29.7 Å². The molecule has 3 rings (SSSR count). The molecule has 29 heavy (non-hydrogen) atoms. The quantitative estimate of drug-likeness (QED) is 0.536. The molecule has 0 radical (unpaired) electrons. The summed E-state index contributed by atoms with van der Waals surface area (Å²) in [7, 11) is 3.16. The van der Waals surface area contributed by atoms with Gasteiger partial charge in [0.05, 0.1) is 19.9 Å². The van der Waals surface area contributed by atoms with Crippen molar-refractivity contribution in [2.24, 2.45) is 0 Å². The lowest BCUT2D eigenvalue weighted by Gasteiger charge is -2.08. The first-order valence-corrected chi connectivity index (χ1v) is 8.79. The van der Waals surface area contributed by atoms with Gasteiger partial charge in [-0.15, -0.1) is 12.4 Å². The molecule has 0 fully saturated rings. The molecular weight excluding hydrogens is 396 g/mol. The smallest absolute Gasteiger partial charge is 0.226 e. The molecular formula is C20H23ClN4O4. The fraction of sp³-hybridized carbons (Fsp3) is 0.250. The van der Waals surface area contributed by atoms with E-state index in [0.717, 1.165) is 11.3 Å². The molecule has 0 aliphatic rings. The van der Waals surface area contributed by atoms with Crippen LogP contribution in [-0.4, -0.2) is 30.3 Å². The highest BCUT2D eigenvalue weighted by Gasteiger charge is 2.10. The van der Waals surface area contributed by atoms with E-state index in [1.54, 1.807) is 32.4 Å². The minimum absolute atomic E-state index is 0. The number of hydrogen-bond acceptors (Lipinski definition) is 7. The average Bonchev–Trinajstić information content (AvgIpc) is 3.17. The highest BCUT2D eigenvalue weighted by Crippen LogP contribution is 2.25. The number of nitrogens with zero attached hydrogens (tertiary/aromatic N) is 2. The van der Waals surface area contributed by atoms with Gasteiger partial charge in [-0.1, -0.05) is 5.16 Å². The standard InChI is InChI=1S/C20H22N4O4.ClH/c1-26-15-9-6-13(7-10-15)20-23-19(28-24-20)5-3-4-18(25)22-14-8-11-17(27-2)16(21)12-14;/h6-12H,3-5,21H2,1-2H3,(H,22,25);1H. The van der Waals surface area contributed by atoms with E-state index in [4.69, 9.17) is 19.7 Å². The van der Waals surface area contributed by atoms with Crippen LogP contribution in [0.1, 0.15) is 18.7 Å². The summed E-state index contributed by atoms with van der Waals surface area (Å²) in [5.41, 5.74) is 7.78. The minimum Gasteiger partial charge on any atom is -0.497 e. The fourth-order valence-corrected chi connectivity index (χ4v) is 2.65. The van der Waals surface area contributed by atoms with Gasteiger partial charge in [-0.2, -0.15) is 4.98 Å². The molecule has 0 aliphatic heterocycles. The molecule has 0 atom stereocenters. The lowest BCUT2D eigenvalue weighted by molar-refractivity contribution is -0.116. The van der Waals surface area contributed by atoms with Crippen molar-refractivity contribution in [2.45, 2.75) is 19.3 Å². The predicted octanol–water partition coefficient (Wildman–Crippen LogP) is 3.72. The third-order valence-electron chi connectivity index (χ3n) is 4.12. The maximum Gasteiger partial charge on any atom is 0.226 e. The first-order valence-electron chi connectivity index (χ1n) is 8.79. The number of carbonyl (C=O) groups excluding carboxylic acids is 1. The third-order valence-corrected chi connectivity index (χ3v) is 4.12. The van der Waals surface area contributed by atoms with Crippen molar-refractivity contribution < 1.29 is 18.8 Å². The molecule has 0 unspecified atom stereocenters. The highest BCUT2D eigenvalue weighted by molar-refractivity contribution is 5.91. The van der Waals surface area contributed by atoms with Crippen LogP contribution in [0.25, 0.3) is 11.4 Å². The Labute approximate surface area is 174 Å². The minimum atomic E-state index is -0.112. The Balaban J connectivity index is 0.00000300. The van der Waals surface area contributed by atoms with Crippen molar-refractivity contribution in [3.8, 4) is 22.9 Å². The molecule has 3 N–H and O–H groups in total. The molecule has 0 aliphatic carbocycles. The Morgan fingerprint density at radius 2 is 1.90 bits per heavy atom. The van der Waals surface area contributed by atoms with Crippen LogP contribution in [0, 0.1) is 0 Å². The average molecular weight is 419 g/mol. The van der Waals surface area contributed by atoms with E-state index < -0.39 is 0 Å². The molecule has 9 heteroatoms. The molecule has 0 saturated carbocycles. The first-order chi connectivity index (χ1) is 13.6. The number of nitrogen functional groups attached to an aromatic ring is 1. The van der Waals surface area contributed by atoms with E-state index in [9.17, 15) is 4.79 Å². The number of methoxy groups -OCH3 is 2. The fourth-order valence-electron chi connectivity index (χ4n) is 2.65. The summed E-state index contributed by atoms with van der Waals surface area (Å²) in [4.78, 5) is 16.5. The molecule has 0 bridgehead atoms. The zero-order valence-corrected chi connectivity index (χ0v) is 17.0. The summed E-state index contributed by atoms with van der Waals surface area (Å²) in [6, 6.07) is 12.5. The second kappa shape index (κ2) is 10.3. The number of amides is 1. The van der Waals surface area contributed by atoms with Crippen LogP contribution in [0.2, 0.25) is 0 Å². The van der Waals surface area contributed by atoms with Crippen molar-refractivity contribution in [1.82, 2.24) is 10.1 Å². The van der Waals surface area contributed by atoms with Crippen LogP contribution >= 0.6 is 12.4 Å². The highest BCUT2D eigenvalue weighted by atomic mass is 35.5. The van der Waals surface area contributed by atoms with Crippen molar-refractivity contribution in [1.29, 1.82) is 0 Å². The number of hydrogen-bond donors (Lipinski definition) is 2. The zero-order valence-electron chi connectivity index (χ0n) is 16.2. The number of rotatable bonds is 8. The van der Waals surface area contributed by atoms with Crippen LogP contribution in [0.4, 0.5) is 11.4 Å². The number of benzene rings is 2. The Morgan fingerprint density at radius 3 is 2.55 bits per heavy atom. The SMILES string of the molecule is COc1ccc(-c2noc(CCCC(=O)Nc3ccc(OC)c(N)c3)n2)cc1.Cl. The lowest BCUT2D eigenvalue weighted by atomic mass is 10.2. The summed E-state index contributed by atoms with van der Waals surface area (Å²) in [6.07, 6.45) is 1.43. The molecule has 0 spiro atoms. The summed E-state index contributed by atoms with van der Waals surface area (Å²) >= 11 is 0. The van der Waals surface area contributed by atoms with Crippen molar-refractivity contribution in [2.75, 3.05) is 25.3 Å². The van der Waals surface area contributed by atoms with Gasteiger partial charge >= 0.3 is 0 Å². The number of aromatic nitrogens is 2. The lowest BCUT2D eigenvalue weighted by Crippen LogP contribution is -2.11. The van der Waals surface area contributed by atoms with E-state index >= 15 is 0 Å². The third kappa shape index (κ3) is 5.86. The van der Waals surface area contributed by atoms with Crippen LogP contribution in [0.5, 0.6) is 11.5 Å². The van der Waals surface area contributed by atoms with Gasteiger partial charge in [0.1, 0.15) is 11.5 Å². The van der Waals surface area contributed by atoms with Gasteiger partial charge in [0.2, 0.25) is 17.6 Å². The van der Waals surface area contributed by atoms with E-state index in [-0.39, 0.29) is 18.3 Å². The van der Waals surface area contributed by atoms with E-state index in [1.807, 2.05) is 24.3 Å². The monoisotopic (exact) mass is 418 g/mol. The van der Waals surface area contributed by atoms with Gasteiger partial charge in [0.25, 0.3) is 0 Å². The first kappa shape index (κ1) is 22.0. The Kier molecular flexibility index (Phi) is 7.85. The molecule has 8 nitrogen and oxygen atoms in total.